The Kier molecular flexibility index (Phi) is 10.1. The van der Waals surface area contributed by atoms with Crippen molar-refractivity contribution < 1.29 is 9.59 Å². The highest BCUT2D eigenvalue weighted by Gasteiger charge is 2.38. The number of carbonyl (C=O) groups is 2. The summed E-state index contributed by atoms with van der Waals surface area (Å²) >= 11 is 0. The number of rotatable bonds is 7. The molecule has 2 aromatic heterocycles. The Morgan fingerprint density at radius 2 is 0.740 bits per heavy atom. The van der Waals surface area contributed by atoms with Gasteiger partial charge in [0, 0.05) is 58.5 Å². The van der Waals surface area contributed by atoms with Gasteiger partial charge in [0.15, 0.2) is 0 Å². The van der Waals surface area contributed by atoms with Crippen molar-refractivity contribution in [2.45, 2.75) is 153 Å². The molecule has 0 N–H and O–H groups in total. The normalized spacial score (nSPS) is 20.2. The monoisotopic (exact) mass is 670 g/mol. The zero-order chi connectivity index (χ0) is 33.9. The minimum absolute atomic E-state index is 0.111. The van der Waals surface area contributed by atoms with E-state index in [9.17, 15) is 0 Å². The first-order valence-corrected chi connectivity index (χ1v) is 20.1. The Bertz CT molecular complexity index is 1640. The van der Waals surface area contributed by atoms with Gasteiger partial charge in [-0.15, -0.1) is 0 Å². The molecule has 6 nitrogen and oxygen atoms in total. The fourth-order valence-electron chi connectivity index (χ4n) is 10.1. The van der Waals surface area contributed by atoms with Gasteiger partial charge in [-0.05, 0) is 63.5 Å². The summed E-state index contributed by atoms with van der Waals surface area (Å²) in [6.07, 6.45) is 26.7. The molecule has 2 heterocycles. The fraction of sp³-hybridized carbons (Fsp3) is 0.545. The van der Waals surface area contributed by atoms with Gasteiger partial charge >= 0.3 is 0 Å². The Balaban J connectivity index is 1.32. The smallest absolute Gasteiger partial charge is 0.255 e. The maximum Gasteiger partial charge on any atom is 0.255 e. The summed E-state index contributed by atoms with van der Waals surface area (Å²) in [4.78, 5) is 45.6. The lowest BCUT2D eigenvalue weighted by Gasteiger charge is -2.42. The summed E-state index contributed by atoms with van der Waals surface area (Å²) in [5, 5.41) is 1.74. The van der Waals surface area contributed by atoms with Crippen molar-refractivity contribution in [3.8, 4) is 11.1 Å². The molecule has 0 spiro atoms. The van der Waals surface area contributed by atoms with Gasteiger partial charge in [-0.1, -0.05) is 113 Å². The molecule has 8 rings (SSSR count). The van der Waals surface area contributed by atoms with Gasteiger partial charge in [-0.2, -0.15) is 0 Å². The molecule has 0 unspecified atom stereocenters. The molecule has 4 fully saturated rings. The predicted molar refractivity (Wildman–Crippen MR) is 202 cm³/mol. The summed E-state index contributed by atoms with van der Waals surface area (Å²) in [5.41, 5.74) is 4.52. The highest BCUT2D eigenvalue weighted by atomic mass is 16.2. The molecule has 0 atom stereocenters. The minimum Gasteiger partial charge on any atom is -0.333 e. The van der Waals surface area contributed by atoms with Crippen LogP contribution in [0.2, 0.25) is 0 Å². The molecule has 6 heteroatoms. The number of aromatic nitrogens is 2. The van der Waals surface area contributed by atoms with Crippen LogP contribution in [0.1, 0.15) is 149 Å². The topological polar surface area (TPSA) is 66.4 Å². The molecule has 0 bridgehead atoms. The zero-order valence-corrected chi connectivity index (χ0v) is 29.8. The van der Waals surface area contributed by atoms with Crippen LogP contribution >= 0.6 is 0 Å². The van der Waals surface area contributed by atoms with Gasteiger partial charge in [-0.25, -0.2) is 0 Å². The number of hydrogen-bond acceptors (Lipinski definition) is 4. The number of pyridine rings is 2. The molecule has 4 aliphatic carbocycles. The quantitative estimate of drug-likeness (QED) is 0.196. The van der Waals surface area contributed by atoms with Crippen LogP contribution in [0.5, 0.6) is 0 Å². The zero-order valence-electron chi connectivity index (χ0n) is 29.8. The van der Waals surface area contributed by atoms with E-state index in [0.717, 1.165) is 84.3 Å². The number of para-hydroxylation sites is 2. The van der Waals surface area contributed by atoms with Gasteiger partial charge in [0.2, 0.25) is 0 Å². The number of benzene rings is 2. The van der Waals surface area contributed by atoms with E-state index in [0.29, 0.717) is 11.1 Å². The van der Waals surface area contributed by atoms with E-state index in [2.05, 4.69) is 21.9 Å². The lowest BCUT2D eigenvalue weighted by Crippen LogP contribution is -2.49. The van der Waals surface area contributed by atoms with E-state index in [-0.39, 0.29) is 36.0 Å². The van der Waals surface area contributed by atoms with Crippen molar-refractivity contribution in [3.63, 3.8) is 0 Å². The molecule has 50 heavy (non-hydrogen) atoms. The second-order valence-corrected chi connectivity index (χ2v) is 15.7. The van der Waals surface area contributed by atoms with Gasteiger partial charge in [-0.3, -0.25) is 19.6 Å². The van der Waals surface area contributed by atoms with Gasteiger partial charge < -0.3 is 9.80 Å². The van der Waals surface area contributed by atoms with Crippen LogP contribution in [0.3, 0.4) is 0 Å². The average molecular weight is 671 g/mol. The average Bonchev–Trinajstić information content (AvgIpc) is 3.19. The van der Waals surface area contributed by atoms with E-state index < -0.39 is 0 Å². The van der Waals surface area contributed by atoms with Crippen LogP contribution in [-0.4, -0.2) is 55.7 Å². The second-order valence-electron chi connectivity index (χ2n) is 15.7. The maximum absolute atomic E-state index is 15.5. The third-order valence-electron chi connectivity index (χ3n) is 12.6. The van der Waals surface area contributed by atoms with Crippen LogP contribution in [0.15, 0.2) is 60.9 Å². The van der Waals surface area contributed by atoms with Gasteiger partial charge in [0.05, 0.1) is 22.2 Å². The van der Waals surface area contributed by atoms with Crippen LogP contribution < -0.4 is 0 Å². The molecule has 4 saturated carbocycles. The molecular formula is C44H54N4O2. The summed E-state index contributed by atoms with van der Waals surface area (Å²) in [5.74, 6) is 0.223. The molecule has 0 saturated heterocycles. The van der Waals surface area contributed by atoms with Crippen LogP contribution in [0, 0.1) is 0 Å². The number of fused-ring (bicyclic) bond motifs is 2. The van der Waals surface area contributed by atoms with Crippen molar-refractivity contribution in [1.82, 2.24) is 19.8 Å². The molecular weight excluding hydrogens is 617 g/mol. The van der Waals surface area contributed by atoms with Crippen molar-refractivity contribution in [2.75, 3.05) is 0 Å². The largest absolute Gasteiger partial charge is 0.333 e. The summed E-state index contributed by atoms with van der Waals surface area (Å²) in [7, 11) is 0. The van der Waals surface area contributed by atoms with Crippen molar-refractivity contribution in [3.05, 3.63) is 72.1 Å². The first-order chi connectivity index (χ1) is 24.7. The predicted octanol–water partition coefficient (Wildman–Crippen LogP) is 10.7. The third-order valence-corrected chi connectivity index (χ3v) is 12.6. The molecule has 2 amide bonds. The van der Waals surface area contributed by atoms with Crippen LogP contribution in [0.25, 0.3) is 32.9 Å². The maximum atomic E-state index is 15.5. The molecule has 0 aliphatic heterocycles. The fourth-order valence-corrected chi connectivity index (χ4v) is 10.1. The lowest BCUT2D eigenvalue weighted by atomic mass is 9.85. The molecule has 4 aliphatic rings. The van der Waals surface area contributed by atoms with Crippen LogP contribution in [0.4, 0.5) is 0 Å². The van der Waals surface area contributed by atoms with Gasteiger partial charge in [0.1, 0.15) is 0 Å². The first-order valence-electron chi connectivity index (χ1n) is 20.1. The lowest BCUT2D eigenvalue weighted by molar-refractivity contribution is 0.0441. The Labute approximate surface area is 298 Å². The van der Waals surface area contributed by atoms with Gasteiger partial charge in [0.25, 0.3) is 11.8 Å². The number of amides is 2. The second kappa shape index (κ2) is 15.2. The Morgan fingerprint density at radius 3 is 1.06 bits per heavy atom. The van der Waals surface area contributed by atoms with Crippen LogP contribution in [-0.2, 0) is 0 Å². The van der Waals surface area contributed by atoms with Crippen molar-refractivity contribution >= 4 is 33.6 Å². The standard InChI is InChI=1S/C44H54N4O2/c49-43(47(31-17-5-1-6-18-31)32-19-7-2-8-20-32)41-35-25-13-15-27-39(35)45-29-37(41)38-30-46-40-28-16-14-26-36(40)42(38)44(50)48(33-21-9-3-10-22-33)34-23-11-4-12-24-34/h13-16,25-34H,1-12,17-24H2. The Hall–Kier alpha value is -3.80. The van der Waals surface area contributed by atoms with E-state index in [4.69, 9.17) is 9.97 Å². The number of carbonyl (C=O) groups excluding carboxylic acids is 2. The molecule has 0 radical (unpaired) electrons. The van der Waals surface area contributed by atoms with E-state index in [1.807, 2.05) is 48.8 Å². The van der Waals surface area contributed by atoms with E-state index in [1.54, 1.807) is 0 Å². The van der Waals surface area contributed by atoms with E-state index >= 15 is 9.59 Å². The molecule has 262 valence electrons. The third kappa shape index (κ3) is 6.55. The highest BCUT2D eigenvalue weighted by Crippen LogP contribution is 2.40. The van der Waals surface area contributed by atoms with Crippen molar-refractivity contribution in [2.24, 2.45) is 0 Å². The highest BCUT2D eigenvalue weighted by molar-refractivity contribution is 6.16. The number of hydrogen-bond donors (Lipinski definition) is 0. The first kappa shape index (κ1) is 33.3. The molecule has 4 aromatic rings. The SMILES string of the molecule is O=C(c1c(-c2cnc3ccccc3c2C(=O)N(C2CCCCC2)C2CCCCC2)cnc2ccccc12)N(C1CCCCC1)C1CCCCC1. The summed E-state index contributed by atoms with van der Waals surface area (Å²) in [6, 6.07) is 17.2. The molecule has 2 aromatic carbocycles. The Morgan fingerprint density at radius 1 is 0.440 bits per heavy atom. The summed E-state index contributed by atoms with van der Waals surface area (Å²) < 4.78 is 0. The minimum atomic E-state index is 0.111. The van der Waals surface area contributed by atoms with E-state index in [1.165, 1.54) is 77.0 Å². The van der Waals surface area contributed by atoms with Crippen molar-refractivity contribution in [1.29, 1.82) is 0 Å². The summed E-state index contributed by atoms with van der Waals surface area (Å²) in [6.45, 7) is 0. The number of nitrogens with zero attached hydrogens (tertiary/aromatic N) is 4.